The molecule has 4 N–H and O–H groups in total. The maximum Gasteiger partial charge on any atom is 0.0382 e. The van der Waals surface area contributed by atoms with E-state index in [1.54, 1.807) is 18.2 Å². The molecule has 54 valence electrons. The first kappa shape index (κ1) is 8.56. The third-order valence-electron chi connectivity index (χ3n) is 1.05. The SMILES string of the molecule is C=C/C(N)=C(C=C)/C=C\N. The quantitative estimate of drug-likeness (QED) is 0.569. The molecule has 0 spiro atoms. The van der Waals surface area contributed by atoms with Crippen LogP contribution in [0.4, 0.5) is 0 Å². The van der Waals surface area contributed by atoms with Crippen molar-refractivity contribution in [1.82, 2.24) is 0 Å². The van der Waals surface area contributed by atoms with Gasteiger partial charge in [-0.15, -0.1) is 0 Å². The molecule has 0 bridgehead atoms. The molecule has 0 aliphatic heterocycles. The molecule has 2 heteroatoms. The van der Waals surface area contributed by atoms with Crippen LogP contribution in [0.25, 0.3) is 0 Å². The molecule has 0 fully saturated rings. The lowest BCUT2D eigenvalue weighted by atomic mass is 10.2. The second-order valence-corrected chi connectivity index (χ2v) is 1.68. The Kier molecular flexibility index (Phi) is 3.80. The van der Waals surface area contributed by atoms with Gasteiger partial charge >= 0.3 is 0 Å². The van der Waals surface area contributed by atoms with Gasteiger partial charge in [0.2, 0.25) is 0 Å². The van der Waals surface area contributed by atoms with Crippen molar-refractivity contribution in [2.75, 3.05) is 0 Å². The van der Waals surface area contributed by atoms with Crippen LogP contribution < -0.4 is 11.5 Å². The van der Waals surface area contributed by atoms with Gasteiger partial charge in [-0.05, 0) is 23.9 Å². The highest BCUT2D eigenvalue weighted by molar-refractivity contribution is 5.37. The second kappa shape index (κ2) is 4.44. The van der Waals surface area contributed by atoms with E-state index in [4.69, 9.17) is 11.5 Å². The summed E-state index contributed by atoms with van der Waals surface area (Å²) in [6.07, 6.45) is 6.26. The van der Waals surface area contributed by atoms with Gasteiger partial charge in [0.25, 0.3) is 0 Å². The molecule has 0 radical (unpaired) electrons. The smallest absolute Gasteiger partial charge is 0.0382 e. The Morgan fingerprint density at radius 1 is 1.20 bits per heavy atom. The van der Waals surface area contributed by atoms with Crippen molar-refractivity contribution in [1.29, 1.82) is 0 Å². The van der Waals surface area contributed by atoms with Crippen molar-refractivity contribution in [3.8, 4) is 0 Å². The van der Waals surface area contributed by atoms with E-state index in [-0.39, 0.29) is 0 Å². The number of nitrogens with two attached hydrogens (primary N) is 2. The minimum atomic E-state index is 0.580. The Hall–Kier alpha value is -1.44. The molecular weight excluding hydrogens is 124 g/mol. The van der Waals surface area contributed by atoms with Crippen molar-refractivity contribution < 1.29 is 0 Å². The fraction of sp³-hybridized carbons (Fsp3) is 0. The molecule has 0 aromatic carbocycles. The fourth-order valence-electron chi connectivity index (χ4n) is 0.504. The largest absolute Gasteiger partial charge is 0.405 e. The first-order valence-corrected chi connectivity index (χ1v) is 2.89. The first-order chi connectivity index (χ1) is 4.76. The lowest BCUT2D eigenvalue weighted by molar-refractivity contribution is 1.37. The van der Waals surface area contributed by atoms with Crippen molar-refractivity contribution >= 4 is 0 Å². The summed E-state index contributed by atoms with van der Waals surface area (Å²) in [4.78, 5) is 0. The molecule has 0 aromatic heterocycles. The topological polar surface area (TPSA) is 52.0 Å². The van der Waals surface area contributed by atoms with Gasteiger partial charge in [0.15, 0.2) is 0 Å². The van der Waals surface area contributed by atoms with Crippen LogP contribution in [0.3, 0.4) is 0 Å². The summed E-state index contributed by atoms with van der Waals surface area (Å²) in [5.74, 6) is 0. The van der Waals surface area contributed by atoms with Crippen LogP contribution in [0.5, 0.6) is 0 Å². The molecule has 0 aromatic rings. The molecule has 2 nitrogen and oxygen atoms in total. The lowest BCUT2D eigenvalue weighted by Crippen LogP contribution is -1.96. The summed E-state index contributed by atoms with van der Waals surface area (Å²) in [5.41, 5.74) is 12.0. The zero-order valence-corrected chi connectivity index (χ0v) is 5.88. The summed E-state index contributed by atoms with van der Waals surface area (Å²) in [7, 11) is 0. The molecule has 0 saturated carbocycles. The Morgan fingerprint density at radius 3 is 2.10 bits per heavy atom. The summed E-state index contributed by atoms with van der Waals surface area (Å²) in [5, 5.41) is 0. The van der Waals surface area contributed by atoms with E-state index in [9.17, 15) is 0 Å². The average Bonchev–Trinajstić information content (AvgIpc) is 1.99. The monoisotopic (exact) mass is 136 g/mol. The minimum absolute atomic E-state index is 0.580. The lowest BCUT2D eigenvalue weighted by Gasteiger charge is -1.95. The predicted molar refractivity (Wildman–Crippen MR) is 44.9 cm³/mol. The normalized spacial score (nSPS) is 12.8. The Labute approximate surface area is 61.2 Å². The van der Waals surface area contributed by atoms with Gasteiger partial charge in [-0.25, -0.2) is 0 Å². The predicted octanol–water partition coefficient (Wildman–Crippen LogP) is 1.04. The molecule has 0 amide bonds. The molecule has 0 aliphatic carbocycles. The summed E-state index contributed by atoms with van der Waals surface area (Å²) in [6, 6.07) is 0. The van der Waals surface area contributed by atoms with Gasteiger partial charge in [0.05, 0.1) is 0 Å². The highest BCUT2D eigenvalue weighted by Crippen LogP contribution is 2.01. The molecule has 0 unspecified atom stereocenters. The zero-order valence-electron chi connectivity index (χ0n) is 5.88. The van der Waals surface area contributed by atoms with Crippen molar-refractivity contribution in [2.45, 2.75) is 0 Å². The van der Waals surface area contributed by atoms with E-state index >= 15 is 0 Å². The Balaban J connectivity index is 4.61. The van der Waals surface area contributed by atoms with Gasteiger partial charge < -0.3 is 11.5 Å². The average molecular weight is 136 g/mol. The van der Waals surface area contributed by atoms with Crippen LogP contribution in [0, 0.1) is 0 Å². The van der Waals surface area contributed by atoms with Gasteiger partial charge in [-0.3, -0.25) is 0 Å². The Morgan fingerprint density at radius 2 is 1.80 bits per heavy atom. The highest BCUT2D eigenvalue weighted by atomic mass is 14.6. The third-order valence-corrected chi connectivity index (χ3v) is 1.05. The van der Waals surface area contributed by atoms with Crippen molar-refractivity contribution in [3.05, 3.63) is 48.9 Å². The van der Waals surface area contributed by atoms with E-state index in [2.05, 4.69) is 13.2 Å². The first-order valence-electron chi connectivity index (χ1n) is 2.89. The van der Waals surface area contributed by atoms with Crippen LogP contribution in [0.15, 0.2) is 48.9 Å². The number of hydrogen-bond donors (Lipinski definition) is 2. The molecule has 0 heterocycles. The maximum atomic E-state index is 5.50. The van der Waals surface area contributed by atoms with E-state index in [0.29, 0.717) is 5.70 Å². The standard InChI is InChI=1S/C8H12N2/c1-3-7(5-6-9)8(10)4-2/h3-6H,1-2,9-10H2/b6-5-,8-7-. The molecule has 0 rings (SSSR count). The summed E-state index contributed by atoms with van der Waals surface area (Å²) in [6.45, 7) is 7.06. The van der Waals surface area contributed by atoms with Gasteiger partial charge in [-0.1, -0.05) is 19.2 Å². The summed E-state index contributed by atoms with van der Waals surface area (Å²) < 4.78 is 0. The van der Waals surface area contributed by atoms with Crippen LogP contribution in [0.1, 0.15) is 0 Å². The van der Waals surface area contributed by atoms with E-state index in [1.165, 1.54) is 6.20 Å². The van der Waals surface area contributed by atoms with Gasteiger partial charge in [0.1, 0.15) is 0 Å². The van der Waals surface area contributed by atoms with Crippen molar-refractivity contribution in [2.24, 2.45) is 11.5 Å². The molecule has 0 atom stereocenters. The van der Waals surface area contributed by atoms with Crippen LogP contribution in [-0.4, -0.2) is 0 Å². The molecule has 0 saturated heterocycles. The third kappa shape index (κ3) is 2.22. The highest BCUT2D eigenvalue weighted by Gasteiger charge is 1.87. The van der Waals surface area contributed by atoms with Crippen LogP contribution in [-0.2, 0) is 0 Å². The Bertz CT molecular complexity index is 187. The second-order valence-electron chi connectivity index (χ2n) is 1.68. The molecular formula is C8H12N2. The van der Waals surface area contributed by atoms with Gasteiger partial charge in [-0.2, -0.15) is 0 Å². The molecule has 10 heavy (non-hydrogen) atoms. The van der Waals surface area contributed by atoms with E-state index < -0.39 is 0 Å². The van der Waals surface area contributed by atoms with Crippen LogP contribution >= 0.6 is 0 Å². The van der Waals surface area contributed by atoms with Crippen LogP contribution in [0.2, 0.25) is 0 Å². The maximum absolute atomic E-state index is 5.50. The number of allylic oxidation sites excluding steroid dienone is 4. The van der Waals surface area contributed by atoms with Crippen molar-refractivity contribution in [3.63, 3.8) is 0 Å². The fourth-order valence-corrected chi connectivity index (χ4v) is 0.504. The molecule has 0 aliphatic rings. The summed E-state index contributed by atoms with van der Waals surface area (Å²) >= 11 is 0. The zero-order chi connectivity index (χ0) is 7.98. The van der Waals surface area contributed by atoms with E-state index in [1.807, 2.05) is 0 Å². The van der Waals surface area contributed by atoms with E-state index in [0.717, 1.165) is 5.57 Å². The number of hydrogen-bond acceptors (Lipinski definition) is 2. The minimum Gasteiger partial charge on any atom is -0.405 e. The van der Waals surface area contributed by atoms with Gasteiger partial charge in [0, 0.05) is 5.70 Å². The number of rotatable bonds is 3.